The van der Waals surface area contributed by atoms with E-state index in [4.69, 9.17) is 10.5 Å². The number of pyridine rings is 2. The van der Waals surface area contributed by atoms with Crippen LogP contribution in [0.3, 0.4) is 0 Å². The molecule has 1 aromatic carbocycles. The molecule has 11 nitrogen and oxygen atoms in total. The number of nitrogens with one attached hydrogen (secondary N) is 2. The second-order valence-electron chi connectivity index (χ2n) is 9.97. The van der Waals surface area contributed by atoms with Gasteiger partial charge in [0.15, 0.2) is 11.6 Å². The minimum atomic E-state index is -0.847. The number of carbonyl (C=O) groups excluding carboxylic acids is 2. The van der Waals surface area contributed by atoms with Gasteiger partial charge in [-0.2, -0.15) is 0 Å². The summed E-state index contributed by atoms with van der Waals surface area (Å²) in [6.07, 6.45) is 4.30. The van der Waals surface area contributed by atoms with E-state index in [0.29, 0.717) is 54.4 Å². The lowest BCUT2D eigenvalue weighted by Gasteiger charge is -2.36. The summed E-state index contributed by atoms with van der Waals surface area (Å²) in [4.78, 5) is 36.5. The third-order valence-corrected chi connectivity index (χ3v) is 8.17. The first kappa shape index (κ1) is 26.9. The Morgan fingerprint density at radius 1 is 1.07 bits per heavy atom. The van der Waals surface area contributed by atoms with Gasteiger partial charge in [-0.25, -0.2) is 14.0 Å². The number of anilines is 1. The van der Waals surface area contributed by atoms with Crippen LogP contribution in [0.5, 0.6) is 11.5 Å². The largest absolute Gasteiger partial charge is 0.453 e. The molecular formula is C28H28FN7O4S. The highest BCUT2D eigenvalue weighted by Gasteiger charge is 2.25. The lowest BCUT2D eigenvalue weighted by molar-refractivity contribution is -0.0206. The van der Waals surface area contributed by atoms with Gasteiger partial charge in [0.1, 0.15) is 12.0 Å². The maximum atomic E-state index is 14.9. The number of primary amides is 1. The Hall–Kier alpha value is -4.33. The van der Waals surface area contributed by atoms with E-state index in [2.05, 4.69) is 20.6 Å². The van der Waals surface area contributed by atoms with Gasteiger partial charge in [0.05, 0.1) is 20.8 Å². The molecule has 4 aromatic rings. The van der Waals surface area contributed by atoms with Gasteiger partial charge in [0.25, 0.3) is 0 Å². The highest BCUT2D eigenvalue weighted by atomic mass is 32.1. The van der Waals surface area contributed by atoms with Crippen LogP contribution in [-0.2, 0) is 0 Å². The number of amides is 4. The molecule has 4 heterocycles. The smallest absolute Gasteiger partial charge is 0.319 e. The lowest BCUT2D eigenvalue weighted by Crippen LogP contribution is -2.51. The molecule has 2 fully saturated rings. The molecule has 0 bridgehead atoms. The summed E-state index contributed by atoms with van der Waals surface area (Å²) in [7, 11) is 0. The molecule has 0 radical (unpaired) electrons. The molecule has 2 aliphatic rings. The molecule has 1 saturated heterocycles. The highest BCUT2D eigenvalue weighted by molar-refractivity contribution is 7.22. The van der Waals surface area contributed by atoms with Crippen LogP contribution in [-0.4, -0.2) is 69.2 Å². The van der Waals surface area contributed by atoms with E-state index in [9.17, 15) is 19.1 Å². The van der Waals surface area contributed by atoms with Crippen molar-refractivity contribution in [2.24, 2.45) is 5.73 Å². The molecule has 1 aliphatic heterocycles. The van der Waals surface area contributed by atoms with Gasteiger partial charge in [-0.15, -0.1) is 11.3 Å². The first-order chi connectivity index (χ1) is 19.8. The number of halogens is 1. The summed E-state index contributed by atoms with van der Waals surface area (Å²) >= 11 is 1.41. The Morgan fingerprint density at radius 2 is 1.88 bits per heavy atom. The van der Waals surface area contributed by atoms with E-state index in [1.54, 1.807) is 29.4 Å². The summed E-state index contributed by atoms with van der Waals surface area (Å²) < 4.78 is 21.5. The van der Waals surface area contributed by atoms with Gasteiger partial charge >= 0.3 is 12.1 Å². The Labute approximate surface area is 238 Å². The number of benzene rings is 1. The second kappa shape index (κ2) is 11.3. The molecule has 1 atom stereocenters. The number of hydrogen-bond acceptors (Lipinski definition) is 8. The summed E-state index contributed by atoms with van der Waals surface area (Å²) in [5.41, 5.74) is 7.69. The van der Waals surface area contributed by atoms with E-state index in [0.717, 1.165) is 22.4 Å². The number of rotatable bonds is 7. The van der Waals surface area contributed by atoms with E-state index < -0.39 is 18.1 Å². The lowest BCUT2D eigenvalue weighted by atomic mass is 10.2. The number of nitrogens with zero attached hydrogens (tertiary/aromatic N) is 4. The maximum absolute atomic E-state index is 14.9. The van der Waals surface area contributed by atoms with Gasteiger partial charge in [-0.05, 0) is 37.1 Å². The predicted molar refractivity (Wildman–Crippen MR) is 152 cm³/mol. The van der Waals surface area contributed by atoms with E-state index in [1.807, 2.05) is 23.1 Å². The first-order valence-corrected chi connectivity index (χ1v) is 14.0. The van der Waals surface area contributed by atoms with E-state index in [1.165, 1.54) is 23.5 Å². The van der Waals surface area contributed by atoms with Crippen LogP contribution in [0.25, 0.3) is 20.8 Å². The number of fused-ring (bicyclic) bond motifs is 1. The van der Waals surface area contributed by atoms with Crippen molar-refractivity contribution in [2.75, 3.05) is 31.5 Å². The fourth-order valence-corrected chi connectivity index (χ4v) is 5.63. The highest BCUT2D eigenvalue weighted by Crippen LogP contribution is 2.39. The van der Waals surface area contributed by atoms with Gasteiger partial charge in [-0.3, -0.25) is 14.9 Å². The Morgan fingerprint density at radius 3 is 2.56 bits per heavy atom. The molecular weight excluding hydrogens is 549 g/mol. The van der Waals surface area contributed by atoms with Gasteiger partial charge in [-0.1, -0.05) is 6.07 Å². The van der Waals surface area contributed by atoms with Gasteiger partial charge in [0.2, 0.25) is 0 Å². The van der Waals surface area contributed by atoms with Crippen molar-refractivity contribution in [1.82, 2.24) is 25.1 Å². The number of aliphatic hydroxyl groups excluding tert-OH is 1. The van der Waals surface area contributed by atoms with Crippen molar-refractivity contribution in [1.29, 1.82) is 0 Å². The van der Waals surface area contributed by atoms with Gasteiger partial charge in [0, 0.05) is 68.0 Å². The van der Waals surface area contributed by atoms with Crippen LogP contribution in [0, 0.1) is 5.82 Å². The summed E-state index contributed by atoms with van der Waals surface area (Å²) in [6, 6.07) is 10.9. The molecule has 41 heavy (non-hydrogen) atoms. The third kappa shape index (κ3) is 6.06. The van der Waals surface area contributed by atoms with Crippen molar-refractivity contribution in [2.45, 2.75) is 25.1 Å². The van der Waals surface area contributed by atoms with Crippen LogP contribution in [0.2, 0.25) is 0 Å². The summed E-state index contributed by atoms with van der Waals surface area (Å²) in [5, 5.41) is 16.2. The number of piperazine rings is 1. The number of hydrogen-bond donors (Lipinski definition) is 4. The van der Waals surface area contributed by atoms with Crippen molar-refractivity contribution in [3.63, 3.8) is 0 Å². The van der Waals surface area contributed by atoms with Gasteiger partial charge < -0.3 is 31.1 Å². The predicted octanol–water partition coefficient (Wildman–Crippen LogP) is 4.26. The molecule has 1 aliphatic carbocycles. The summed E-state index contributed by atoms with van der Waals surface area (Å²) in [5.74, 6) is -0.143. The van der Waals surface area contributed by atoms with Crippen molar-refractivity contribution in [3.05, 3.63) is 66.2 Å². The average Bonchev–Trinajstić information content (AvgIpc) is 3.67. The Bertz CT molecular complexity index is 1590. The molecule has 212 valence electrons. The number of carbonyl (C=O) groups is 2. The maximum Gasteiger partial charge on any atom is 0.319 e. The Balaban J connectivity index is 1.15. The van der Waals surface area contributed by atoms with Crippen molar-refractivity contribution >= 4 is 39.3 Å². The molecule has 3 aromatic heterocycles. The summed E-state index contributed by atoms with van der Waals surface area (Å²) in [6.45, 7) is 1.93. The van der Waals surface area contributed by atoms with Crippen LogP contribution in [0.4, 0.5) is 19.7 Å². The SMILES string of the molecule is NC(=O)N1CCN(C(O)c2ccc(-c3cc4nccc(Oc5ccc(NC(=O)NC6CC6)cc5F)c4s3)nc2)CC1. The minimum Gasteiger partial charge on any atom is -0.453 e. The molecule has 1 saturated carbocycles. The van der Waals surface area contributed by atoms with Crippen LogP contribution in [0.1, 0.15) is 24.6 Å². The number of aliphatic hydroxyl groups is 1. The monoisotopic (exact) mass is 577 g/mol. The fraction of sp³-hybridized carbons (Fsp3) is 0.286. The number of thiophene rings is 1. The number of ether oxygens (including phenoxy) is 1. The molecule has 5 N–H and O–H groups in total. The van der Waals surface area contributed by atoms with Crippen LogP contribution < -0.4 is 21.1 Å². The first-order valence-electron chi connectivity index (χ1n) is 13.2. The third-order valence-electron chi connectivity index (χ3n) is 7.01. The second-order valence-corrected chi connectivity index (χ2v) is 11.0. The fourth-order valence-electron chi connectivity index (χ4n) is 4.58. The Kier molecular flexibility index (Phi) is 7.39. The number of urea groups is 2. The topological polar surface area (TPSA) is 146 Å². The van der Waals surface area contributed by atoms with E-state index in [-0.39, 0.29) is 17.8 Å². The number of nitrogens with two attached hydrogens (primary N) is 1. The molecule has 6 rings (SSSR count). The quantitative estimate of drug-likeness (QED) is 0.257. The minimum absolute atomic E-state index is 0.0220. The van der Waals surface area contributed by atoms with Crippen molar-refractivity contribution < 1.29 is 23.8 Å². The zero-order chi connectivity index (χ0) is 28.5. The van der Waals surface area contributed by atoms with E-state index >= 15 is 0 Å². The zero-order valence-electron chi connectivity index (χ0n) is 21.9. The average molecular weight is 578 g/mol. The van der Waals surface area contributed by atoms with Crippen molar-refractivity contribution in [3.8, 4) is 22.1 Å². The molecule has 4 amide bonds. The van der Waals surface area contributed by atoms with Crippen LogP contribution >= 0.6 is 11.3 Å². The molecule has 0 spiro atoms. The number of aromatic nitrogens is 2. The normalized spacial score (nSPS) is 16.4. The zero-order valence-corrected chi connectivity index (χ0v) is 22.7. The standard InChI is InChI=1S/C28H28FN7O4S/c29-19-13-18(34-28(39)33-17-2-3-17)4-6-22(19)40-23-7-8-31-21-14-24(41-25(21)23)20-5-1-16(15-32-20)26(37)35-9-11-36(12-10-35)27(30)38/h1,4-8,13-15,17,26,37H,2-3,9-12H2,(H2,30,38)(H2,33,34,39). The molecule has 1 unspecified atom stereocenters. The van der Waals surface area contributed by atoms with Crippen LogP contribution in [0.15, 0.2) is 54.9 Å². The molecule has 13 heteroatoms.